The summed E-state index contributed by atoms with van der Waals surface area (Å²) in [6.45, 7) is 0. The first-order valence-corrected chi connectivity index (χ1v) is 6.33. The van der Waals surface area contributed by atoms with E-state index in [1.807, 2.05) is 54.6 Å². The molecule has 18 heavy (non-hydrogen) atoms. The van der Waals surface area contributed by atoms with Gasteiger partial charge in [0.1, 0.15) is 0 Å². The van der Waals surface area contributed by atoms with Gasteiger partial charge < -0.3 is 0 Å². The standard InChI is InChI=1S/C6H5Br.2C5H5.Ti/c7-6-4-2-1-3-5-6;2*1-2-4-5-3-1;/h1-5H;2*1-3H,4H2;/q;2*-1;+2. The molecule has 1 aromatic rings. The number of hydrogen-bond acceptors (Lipinski definition) is 0. The van der Waals surface area contributed by atoms with Gasteiger partial charge in [0.25, 0.3) is 0 Å². The number of halogens is 1. The van der Waals surface area contributed by atoms with Crippen LogP contribution in [0.5, 0.6) is 0 Å². The van der Waals surface area contributed by atoms with Crippen LogP contribution in [0, 0.1) is 12.2 Å². The van der Waals surface area contributed by atoms with Crippen LogP contribution in [-0.2, 0) is 21.7 Å². The van der Waals surface area contributed by atoms with Gasteiger partial charge in [-0.2, -0.15) is 12.2 Å². The average molecular weight is 335 g/mol. The molecular formula is C16H15BrTi. The van der Waals surface area contributed by atoms with E-state index >= 15 is 0 Å². The fraction of sp³-hybridized carbons (Fsp3) is 0.125. The van der Waals surface area contributed by atoms with Gasteiger partial charge in [0.2, 0.25) is 0 Å². The van der Waals surface area contributed by atoms with Crippen LogP contribution >= 0.6 is 15.9 Å². The maximum absolute atomic E-state index is 3.31. The first kappa shape index (κ1) is 17.4. The van der Waals surface area contributed by atoms with Crippen LogP contribution in [0.15, 0.2) is 71.3 Å². The summed E-state index contributed by atoms with van der Waals surface area (Å²) in [5, 5.41) is 0. The Balaban J connectivity index is 0.000000239. The van der Waals surface area contributed by atoms with Crippen LogP contribution < -0.4 is 0 Å². The molecule has 0 heterocycles. The van der Waals surface area contributed by atoms with Crippen molar-refractivity contribution in [2.45, 2.75) is 12.8 Å². The first-order valence-electron chi connectivity index (χ1n) is 5.53. The smallest absolute Gasteiger partial charge is 0.273 e. The van der Waals surface area contributed by atoms with Gasteiger partial charge in [-0.3, -0.25) is 12.2 Å². The summed E-state index contributed by atoms with van der Waals surface area (Å²) in [6, 6.07) is 9.97. The predicted molar refractivity (Wildman–Crippen MR) is 77.3 cm³/mol. The summed E-state index contributed by atoms with van der Waals surface area (Å²) < 4.78 is 1.13. The minimum Gasteiger partial charge on any atom is -0.273 e. The van der Waals surface area contributed by atoms with E-state index in [0.29, 0.717) is 0 Å². The minimum atomic E-state index is 0. The van der Waals surface area contributed by atoms with Crippen LogP contribution in [0.25, 0.3) is 0 Å². The SMILES string of the molecule is Brc1ccccc1.[C-]1=CC=CC1.[C-]1=CC=CC1.[Ti+2]. The van der Waals surface area contributed by atoms with Crippen LogP contribution in [0.2, 0.25) is 0 Å². The van der Waals surface area contributed by atoms with E-state index in [1.165, 1.54) is 0 Å². The molecule has 0 spiro atoms. The first-order chi connectivity index (χ1) is 8.39. The molecule has 0 radical (unpaired) electrons. The van der Waals surface area contributed by atoms with Crippen LogP contribution in [0.4, 0.5) is 0 Å². The van der Waals surface area contributed by atoms with E-state index in [-0.39, 0.29) is 21.7 Å². The third-order valence-electron chi connectivity index (χ3n) is 1.90. The van der Waals surface area contributed by atoms with Crippen molar-refractivity contribution < 1.29 is 21.7 Å². The van der Waals surface area contributed by atoms with Gasteiger partial charge in [0.05, 0.1) is 0 Å². The maximum atomic E-state index is 3.31. The molecule has 0 aliphatic heterocycles. The Morgan fingerprint density at radius 3 is 1.50 bits per heavy atom. The molecule has 2 heteroatoms. The molecule has 0 saturated heterocycles. The zero-order valence-electron chi connectivity index (χ0n) is 10.1. The molecule has 2 aliphatic rings. The quantitative estimate of drug-likeness (QED) is 0.459. The average Bonchev–Trinajstić information content (AvgIpc) is 3.09. The molecular weight excluding hydrogens is 320 g/mol. The summed E-state index contributed by atoms with van der Waals surface area (Å²) >= 11 is 3.31. The Hall–Kier alpha value is -0.626. The van der Waals surface area contributed by atoms with Gasteiger partial charge >= 0.3 is 21.7 Å². The number of benzene rings is 1. The molecule has 0 saturated carbocycles. The Kier molecular flexibility index (Phi) is 12.4. The fourth-order valence-electron chi connectivity index (χ4n) is 1.10. The zero-order valence-corrected chi connectivity index (χ0v) is 13.3. The van der Waals surface area contributed by atoms with Crippen molar-refractivity contribution in [3.05, 3.63) is 83.4 Å². The Morgan fingerprint density at radius 1 is 0.833 bits per heavy atom. The molecule has 0 aromatic heterocycles. The Labute approximate surface area is 133 Å². The summed E-state index contributed by atoms with van der Waals surface area (Å²) in [4.78, 5) is 0. The third kappa shape index (κ3) is 10.5. The largest absolute Gasteiger partial charge is 2.00 e. The van der Waals surface area contributed by atoms with Crippen molar-refractivity contribution in [3.8, 4) is 0 Å². The van der Waals surface area contributed by atoms with Crippen molar-refractivity contribution in [3.63, 3.8) is 0 Å². The van der Waals surface area contributed by atoms with Crippen molar-refractivity contribution in [1.82, 2.24) is 0 Å². The molecule has 0 amide bonds. The van der Waals surface area contributed by atoms with E-state index < -0.39 is 0 Å². The predicted octanol–water partition coefficient (Wildman–Crippen LogP) is 5.06. The normalized spacial score (nSPS) is 13.2. The van der Waals surface area contributed by atoms with Crippen LogP contribution in [-0.4, -0.2) is 0 Å². The summed E-state index contributed by atoms with van der Waals surface area (Å²) in [5.74, 6) is 0. The Bertz CT molecular complexity index is 360. The number of rotatable bonds is 0. The summed E-state index contributed by atoms with van der Waals surface area (Å²) in [6.07, 6.45) is 20.0. The minimum absolute atomic E-state index is 0. The van der Waals surface area contributed by atoms with Gasteiger partial charge in [0.15, 0.2) is 0 Å². The maximum Gasteiger partial charge on any atom is 2.00 e. The molecule has 0 unspecified atom stereocenters. The zero-order chi connectivity index (χ0) is 12.2. The second-order valence-corrected chi connectivity index (χ2v) is 4.22. The molecule has 1 aromatic carbocycles. The molecule has 3 rings (SSSR count). The van der Waals surface area contributed by atoms with E-state index in [1.54, 1.807) is 0 Å². The second kappa shape index (κ2) is 12.8. The van der Waals surface area contributed by atoms with Gasteiger partial charge in [0, 0.05) is 4.47 Å². The third-order valence-corrected chi connectivity index (χ3v) is 2.43. The molecule has 0 N–H and O–H groups in total. The molecule has 0 nitrogen and oxygen atoms in total. The van der Waals surface area contributed by atoms with E-state index in [9.17, 15) is 0 Å². The summed E-state index contributed by atoms with van der Waals surface area (Å²) in [5.41, 5.74) is 0. The Morgan fingerprint density at radius 2 is 1.33 bits per heavy atom. The van der Waals surface area contributed by atoms with Crippen molar-refractivity contribution in [2.75, 3.05) is 0 Å². The molecule has 0 fully saturated rings. The van der Waals surface area contributed by atoms with Crippen molar-refractivity contribution >= 4 is 15.9 Å². The summed E-state index contributed by atoms with van der Waals surface area (Å²) in [7, 11) is 0. The van der Waals surface area contributed by atoms with Crippen LogP contribution in [0.3, 0.4) is 0 Å². The van der Waals surface area contributed by atoms with Crippen LogP contribution in [0.1, 0.15) is 12.8 Å². The van der Waals surface area contributed by atoms with E-state index in [0.717, 1.165) is 17.3 Å². The molecule has 2 aliphatic carbocycles. The van der Waals surface area contributed by atoms with E-state index in [2.05, 4.69) is 40.2 Å². The van der Waals surface area contributed by atoms with Gasteiger partial charge in [-0.15, -0.1) is 12.8 Å². The van der Waals surface area contributed by atoms with Gasteiger partial charge in [-0.25, -0.2) is 24.3 Å². The van der Waals surface area contributed by atoms with E-state index in [4.69, 9.17) is 0 Å². The van der Waals surface area contributed by atoms with Gasteiger partial charge in [-0.05, 0) is 12.1 Å². The van der Waals surface area contributed by atoms with Gasteiger partial charge in [-0.1, -0.05) is 34.1 Å². The number of allylic oxidation sites excluding steroid dienone is 8. The fourth-order valence-corrected chi connectivity index (χ4v) is 1.40. The van der Waals surface area contributed by atoms with Crippen molar-refractivity contribution in [2.24, 2.45) is 0 Å². The number of hydrogen-bond donors (Lipinski definition) is 0. The molecule has 0 bridgehead atoms. The molecule has 90 valence electrons. The topological polar surface area (TPSA) is 0 Å². The molecule has 0 atom stereocenters. The monoisotopic (exact) mass is 334 g/mol. The second-order valence-electron chi connectivity index (χ2n) is 3.30. The van der Waals surface area contributed by atoms with Crippen molar-refractivity contribution in [1.29, 1.82) is 0 Å².